The van der Waals surface area contributed by atoms with Crippen molar-refractivity contribution in [3.05, 3.63) is 0 Å². The summed E-state index contributed by atoms with van der Waals surface area (Å²) in [4.78, 5) is 18.7. The lowest BCUT2D eigenvalue weighted by molar-refractivity contribution is -0.122. The van der Waals surface area contributed by atoms with Crippen molar-refractivity contribution in [2.45, 2.75) is 45.4 Å². The summed E-state index contributed by atoms with van der Waals surface area (Å²) in [6.07, 6.45) is 7.50. The average Bonchev–Trinajstić information content (AvgIpc) is 3.38. The molecule has 0 aromatic carbocycles. The van der Waals surface area contributed by atoms with E-state index in [4.69, 9.17) is 0 Å². The molecular formula is C17H34IN5O. The van der Waals surface area contributed by atoms with Gasteiger partial charge in [-0.15, -0.1) is 24.0 Å². The molecule has 0 spiro atoms. The van der Waals surface area contributed by atoms with Crippen molar-refractivity contribution in [1.82, 2.24) is 20.9 Å². The molecule has 140 valence electrons. The first-order chi connectivity index (χ1) is 11.3. The van der Waals surface area contributed by atoms with E-state index >= 15 is 0 Å². The van der Waals surface area contributed by atoms with Gasteiger partial charge in [-0.25, -0.2) is 0 Å². The van der Waals surface area contributed by atoms with Crippen LogP contribution in [0.4, 0.5) is 0 Å². The molecule has 2 rings (SSSR count). The molecular weight excluding hydrogens is 417 g/mol. The molecule has 0 bridgehead atoms. The fourth-order valence-electron chi connectivity index (χ4n) is 2.86. The summed E-state index contributed by atoms with van der Waals surface area (Å²) in [5, 5.41) is 9.52. The Balaban J connectivity index is 0.00000288. The van der Waals surface area contributed by atoms with Crippen molar-refractivity contribution >= 4 is 35.8 Å². The molecule has 0 radical (unpaired) electrons. The molecule has 24 heavy (non-hydrogen) atoms. The predicted octanol–water partition coefficient (Wildman–Crippen LogP) is 1.56. The average molecular weight is 451 g/mol. The smallest absolute Gasteiger partial charge is 0.223 e. The second kappa shape index (κ2) is 12.7. The molecule has 6 nitrogen and oxygen atoms in total. The Hall–Kier alpha value is -0.570. The topological polar surface area (TPSA) is 68.8 Å². The van der Waals surface area contributed by atoms with E-state index in [9.17, 15) is 4.79 Å². The lowest BCUT2D eigenvalue weighted by Gasteiger charge is -2.19. The van der Waals surface area contributed by atoms with Crippen molar-refractivity contribution in [3.63, 3.8) is 0 Å². The lowest BCUT2D eigenvalue weighted by atomic mass is 10.2. The van der Waals surface area contributed by atoms with Gasteiger partial charge in [0.05, 0.1) is 6.54 Å². The molecule has 3 N–H and O–H groups in total. The van der Waals surface area contributed by atoms with Crippen LogP contribution in [0.15, 0.2) is 4.99 Å². The number of nitrogens with zero attached hydrogens (tertiary/aromatic N) is 2. The molecule has 1 aliphatic carbocycles. The van der Waals surface area contributed by atoms with Crippen molar-refractivity contribution in [3.8, 4) is 0 Å². The fourth-order valence-corrected chi connectivity index (χ4v) is 2.86. The van der Waals surface area contributed by atoms with E-state index in [0.717, 1.165) is 38.4 Å². The van der Waals surface area contributed by atoms with Crippen LogP contribution in [0, 0.1) is 5.92 Å². The Bertz CT molecular complexity index is 379. The highest BCUT2D eigenvalue weighted by molar-refractivity contribution is 14.0. The van der Waals surface area contributed by atoms with Crippen molar-refractivity contribution in [2.75, 3.05) is 45.8 Å². The molecule has 0 unspecified atom stereocenters. The van der Waals surface area contributed by atoms with E-state index in [1.165, 1.54) is 38.8 Å². The van der Waals surface area contributed by atoms with Crippen molar-refractivity contribution in [2.24, 2.45) is 10.9 Å². The highest BCUT2D eigenvalue weighted by Crippen LogP contribution is 2.28. The minimum absolute atomic E-state index is 0. The number of rotatable bonds is 8. The minimum Gasteiger partial charge on any atom is -0.357 e. The second-order valence-electron chi connectivity index (χ2n) is 6.51. The second-order valence-corrected chi connectivity index (χ2v) is 6.51. The first-order valence-electron chi connectivity index (χ1n) is 9.32. The molecule has 2 aliphatic rings. The van der Waals surface area contributed by atoms with Crippen LogP contribution < -0.4 is 16.0 Å². The van der Waals surface area contributed by atoms with Gasteiger partial charge in [0.2, 0.25) is 5.91 Å². The summed E-state index contributed by atoms with van der Waals surface area (Å²) in [6.45, 7) is 8.59. The number of likely N-dealkylation sites (tertiary alicyclic amines) is 1. The number of hydrogen-bond acceptors (Lipinski definition) is 3. The molecule has 1 saturated heterocycles. The van der Waals surface area contributed by atoms with Crippen molar-refractivity contribution in [1.29, 1.82) is 0 Å². The molecule has 7 heteroatoms. The van der Waals surface area contributed by atoms with Gasteiger partial charge >= 0.3 is 0 Å². The highest BCUT2D eigenvalue weighted by Gasteiger charge is 2.28. The van der Waals surface area contributed by atoms with Gasteiger partial charge in [0, 0.05) is 32.1 Å². The normalized spacial score (nSPS) is 19.1. The number of halogens is 1. The minimum atomic E-state index is 0. The predicted molar refractivity (Wildman–Crippen MR) is 110 cm³/mol. The van der Waals surface area contributed by atoms with Gasteiger partial charge in [-0.05, 0) is 45.7 Å². The van der Waals surface area contributed by atoms with Gasteiger partial charge < -0.3 is 20.9 Å². The largest absolute Gasteiger partial charge is 0.357 e. The third-order valence-corrected chi connectivity index (χ3v) is 4.39. The van der Waals surface area contributed by atoms with Crippen LogP contribution in [0.25, 0.3) is 0 Å². The Labute approximate surface area is 163 Å². The van der Waals surface area contributed by atoms with Gasteiger partial charge in [-0.1, -0.05) is 12.8 Å². The lowest BCUT2D eigenvalue weighted by Crippen LogP contribution is -2.42. The van der Waals surface area contributed by atoms with E-state index in [2.05, 4.69) is 32.8 Å². The summed E-state index contributed by atoms with van der Waals surface area (Å²) in [5.74, 6) is 1.34. The number of hydrogen-bond donors (Lipinski definition) is 3. The van der Waals surface area contributed by atoms with Gasteiger partial charge in [0.25, 0.3) is 0 Å². The standard InChI is InChI=1S/C17H33N5O.HI/c1-2-18-17(20-10-9-19-16(23)15-7-8-15)21-11-14-22-12-5-3-4-6-13-22;/h15H,2-14H2,1H3,(H,19,23)(H2,18,20,21);1H. The van der Waals surface area contributed by atoms with Crippen LogP contribution in [0.3, 0.4) is 0 Å². The first-order valence-corrected chi connectivity index (χ1v) is 9.32. The number of guanidine groups is 1. The quantitative estimate of drug-likeness (QED) is 0.227. The third kappa shape index (κ3) is 9.05. The van der Waals surface area contributed by atoms with Crippen LogP contribution >= 0.6 is 24.0 Å². The zero-order valence-corrected chi connectivity index (χ0v) is 17.3. The van der Waals surface area contributed by atoms with E-state index in [1.807, 2.05) is 0 Å². The fraction of sp³-hybridized carbons (Fsp3) is 0.882. The van der Waals surface area contributed by atoms with Crippen LogP contribution in [-0.2, 0) is 4.79 Å². The SMILES string of the molecule is CCNC(=NCCN1CCCCCC1)NCCNC(=O)C1CC1.I. The Morgan fingerprint density at radius 2 is 1.71 bits per heavy atom. The molecule has 0 atom stereocenters. The van der Waals surface area contributed by atoms with Gasteiger partial charge in [0.1, 0.15) is 0 Å². The zero-order valence-electron chi connectivity index (χ0n) is 15.0. The number of nitrogens with one attached hydrogen (secondary N) is 3. The monoisotopic (exact) mass is 451 g/mol. The van der Waals surface area contributed by atoms with Gasteiger partial charge in [-0.2, -0.15) is 0 Å². The number of aliphatic imine (C=N–C) groups is 1. The van der Waals surface area contributed by atoms with Gasteiger partial charge in [0.15, 0.2) is 5.96 Å². The maximum atomic E-state index is 11.6. The Kier molecular flexibility index (Phi) is 11.4. The maximum Gasteiger partial charge on any atom is 0.223 e. The number of carbonyl (C=O) groups excluding carboxylic acids is 1. The maximum absolute atomic E-state index is 11.6. The summed E-state index contributed by atoms with van der Waals surface area (Å²) >= 11 is 0. The molecule has 0 aromatic heterocycles. The Morgan fingerprint density at radius 3 is 2.33 bits per heavy atom. The zero-order chi connectivity index (χ0) is 16.3. The van der Waals surface area contributed by atoms with Crippen LogP contribution in [-0.4, -0.2) is 62.6 Å². The molecule has 1 saturated carbocycles. The van der Waals surface area contributed by atoms with Crippen molar-refractivity contribution < 1.29 is 4.79 Å². The summed E-state index contributed by atoms with van der Waals surface area (Å²) in [5.41, 5.74) is 0. The number of amides is 1. The first kappa shape index (κ1) is 21.5. The highest BCUT2D eigenvalue weighted by atomic mass is 127. The third-order valence-electron chi connectivity index (χ3n) is 4.39. The summed E-state index contributed by atoms with van der Waals surface area (Å²) in [7, 11) is 0. The van der Waals surface area contributed by atoms with E-state index in [1.54, 1.807) is 0 Å². The van der Waals surface area contributed by atoms with E-state index < -0.39 is 0 Å². The van der Waals surface area contributed by atoms with E-state index in [0.29, 0.717) is 13.1 Å². The van der Waals surface area contributed by atoms with Gasteiger partial charge in [-0.3, -0.25) is 9.79 Å². The molecule has 1 amide bonds. The molecule has 1 heterocycles. The summed E-state index contributed by atoms with van der Waals surface area (Å²) < 4.78 is 0. The van der Waals surface area contributed by atoms with Crippen LogP contribution in [0.5, 0.6) is 0 Å². The molecule has 0 aromatic rings. The van der Waals surface area contributed by atoms with E-state index in [-0.39, 0.29) is 35.8 Å². The Morgan fingerprint density at radius 1 is 1.04 bits per heavy atom. The molecule has 2 fully saturated rings. The molecule has 1 aliphatic heterocycles. The number of carbonyl (C=O) groups is 1. The summed E-state index contributed by atoms with van der Waals surface area (Å²) in [6, 6.07) is 0. The van der Waals surface area contributed by atoms with Crippen LogP contribution in [0.1, 0.15) is 45.4 Å². The van der Waals surface area contributed by atoms with Crippen LogP contribution in [0.2, 0.25) is 0 Å².